The van der Waals surface area contributed by atoms with Gasteiger partial charge in [-0.3, -0.25) is 4.79 Å². The lowest BCUT2D eigenvalue weighted by molar-refractivity contribution is -0.125. The molecule has 0 radical (unpaired) electrons. The molecule has 3 aromatic rings. The maximum absolute atomic E-state index is 12.5. The van der Waals surface area contributed by atoms with E-state index < -0.39 is 6.10 Å². The quantitative estimate of drug-likeness (QED) is 0.767. The van der Waals surface area contributed by atoms with E-state index in [-0.39, 0.29) is 12.5 Å². The first-order chi connectivity index (χ1) is 12.1. The van der Waals surface area contributed by atoms with Crippen molar-refractivity contribution in [3.63, 3.8) is 0 Å². The summed E-state index contributed by atoms with van der Waals surface area (Å²) in [6.07, 6.45) is -0.682. The average molecular weight is 337 g/mol. The summed E-state index contributed by atoms with van der Waals surface area (Å²) in [6.45, 7) is 4.35. The van der Waals surface area contributed by atoms with E-state index in [1.165, 1.54) is 0 Å². The summed E-state index contributed by atoms with van der Waals surface area (Å²) in [5.41, 5.74) is 2.47. The lowest BCUT2D eigenvalue weighted by atomic mass is 10.2. The number of anilines is 1. The summed E-state index contributed by atoms with van der Waals surface area (Å²) < 4.78 is 11.3. The minimum atomic E-state index is -0.682. The van der Waals surface area contributed by atoms with E-state index in [0.29, 0.717) is 23.1 Å². The molecule has 0 bridgehead atoms. The molecule has 1 aliphatic rings. The maximum atomic E-state index is 12.5. The molecular formula is C19H19N3O3. The molecule has 6 nitrogen and oxygen atoms in total. The van der Waals surface area contributed by atoms with Gasteiger partial charge in [-0.2, -0.15) is 0 Å². The Morgan fingerprint density at radius 3 is 2.84 bits per heavy atom. The van der Waals surface area contributed by atoms with E-state index >= 15 is 0 Å². The fourth-order valence-corrected chi connectivity index (χ4v) is 2.75. The van der Waals surface area contributed by atoms with Crippen LogP contribution < -0.4 is 14.8 Å². The normalized spacial score (nSPS) is 16.2. The van der Waals surface area contributed by atoms with Crippen molar-refractivity contribution in [3.8, 4) is 11.5 Å². The first-order valence-corrected chi connectivity index (χ1v) is 8.29. The number of rotatable bonds is 3. The number of H-pyrrole nitrogens is 1. The number of hydrogen-bond donors (Lipinski definition) is 2. The van der Waals surface area contributed by atoms with Gasteiger partial charge in [0.25, 0.3) is 5.91 Å². The van der Waals surface area contributed by atoms with Crippen LogP contribution in [0.3, 0.4) is 0 Å². The van der Waals surface area contributed by atoms with Gasteiger partial charge in [-0.15, -0.1) is 0 Å². The highest BCUT2D eigenvalue weighted by Crippen LogP contribution is 2.31. The standard InChI is InChI=1S/C19H19N3O3/c1-11(2)18-21-13-8-7-12(9-14(13)22-18)20-19(23)17-10-24-15-5-3-4-6-16(15)25-17/h3-9,11,17H,10H2,1-2H3,(H,20,23)(H,21,22)/t17-/m1/s1. The van der Waals surface area contributed by atoms with Crippen LogP contribution in [0.15, 0.2) is 42.5 Å². The molecule has 25 heavy (non-hydrogen) atoms. The Kier molecular flexibility index (Phi) is 3.80. The molecule has 1 atom stereocenters. The van der Waals surface area contributed by atoms with Gasteiger partial charge in [-0.25, -0.2) is 4.98 Å². The minimum Gasteiger partial charge on any atom is -0.485 e. The number of ether oxygens (including phenoxy) is 2. The number of nitrogens with zero attached hydrogens (tertiary/aromatic N) is 1. The summed E-state index contributed by atoms with van der Waals surface area (Å²) in [4.78, 5) is 20.3. The molecule has 1 aliphatic heterocycles. The van der Waals surface area contributed by atoms with Crippen molar-refractivity contribution in [2.75, 3.05) is 11.9 Å². The third kappa shape index (κ3) is 3.03. The monoisotopic (exact) mass is 337 g/mol. The molecule has 4 rings (SSSR count). The van der Waals surface area contributed by atoms with Crippen LogP contribution in [0.1, 0.15) is 25.6 Å². The number of aromatic nitrogens is 2. The van der Waals surface area contributed by atoms with Crippen LogP contribution >= 0.6 is 0 Å². The highest BCUT2D eigenvalue weighted by atomic mass is 16.6. The van der Waals surface area contributed by atoms with Crippen LogP contribution in [0.4, 0.5) is 5.69 Å². The van der Waals surface area contributed by atoms with Crippen LogP contribution in [0, 0.1) is 0 Å². The van der Waals surface area contributed by atoms with Crippen LogP contribution in [0.5, 0.6) is 11.5 Å². The summed E-state index contributed by atoms with van der Waals surface area (Å²) in [6, 6.07) is 12.9. The fourth-order valence-electron chi connectivity index (χ4n) is 2.75. The molecule has 6 heteroatoms. The van der Waals surface area contributed by atoms with Crippen LogP contribution in [-0.4, -0.2) is 28.6 Å². The van der Waals surface area contributed by atoms with Gasteiger partial charge in [0.15, 0.2) is 11.5 Å². The highest BCUT2D eigenvalue weighted by Gasteiger charge is 2.27. The molecule has 0 unspecified atom stereocenters. The molecule has 2 heterocycles. The SMILES string of the molecule is CC(C)c1nc2ccc(NC(=O)[C@H]3COc4ccccc4O3)cc2[nH]1. The van der Waals surface area contributed by atoms with E-state index in [1.54, 1.807) is 6.07 Å². The molecule has 2 aromatic carbocycles. The summed E-state index contributed by atoms with van der Waals surface area (Å²) in [5.74, 6) is 2.25. The molecule has 0 saturated heterocycles. The first-order valence-electron chi connectivity index (χ1n) is 8.29. The smallest absolute Gasteiger partial charge is 0.269 e. The lowest BCUT2D eigenvalue weighted by Crippen LogP contribution is -2.40. The zero-order chi connectivity index (χ0) is 17.4. The van der Waals surface area contributed by atoms with E-state index in [2.05, 4.69) is 29.1 Å². The van der Waals surface area contributed by atoms with Gasteiger partial charge in [0.1, 0.15) is 12.4 Å². The van der Waals surface area contributed by atoms with Gasteiger partial charge < -0.3 is 19.8 Å². The van der Waals surface area contributed by atoms with Gasteiger partial charge in [-0.05, 0) is 30.3 Å². The second-order valence-electron chi connectivity index (χ2n) is 6.36. The van der Waals surface area contributed by atoms with Crippen molar-refractivity contribution in [2.45, 2.75) is 25.9 Å². The van der Waals surface area contributed by atoms with Crippen molar-refractivity contribution in [3.05, 3.63) is 48.3 Å². The zero-order valence-corrected chi connectivity index (χ0v) is 14.1. The number of nitrogens with one attached hydrogen (secondary N) is 2. The number of para-hydroxylation sites is 2. The van der Waals surface area contributed by atoms with Gasteiger partial charge >= 0.3 is 0 Å². The van der Waals surface area contributed by atoms with E-state index in [1.807, 2.05) is 36.4 Å². The van der Waals surface area contributed by atoms with Gasteiger partial charge in [0.05, 0.1) is 11.0 Å². The fraction of sp³-hybridized carbons (Fsp3) is 0.263. The van der Waals surface area contributed by atoms with Gasteiger partial charge in [-0.1, -0.05) is 26.0 Å². The molecule has 2 N–H and O–H groups in total. The lowest BCUT2D eigenvalue weighted by Gasteiger charge is -2.25. The number of fused-ring (bicyclic) bond motifs is 2. The van der Waals surface area contributed by atoms with Crippen molar-refractivity contribution in [1.29, 1.82) is 0 Å². The van der Waals surface area contributed by atoms with Gasteiger partial charge in [0, 0.05) is 11.6 Å². The Bertz CT molecular complexity index is 933. The number of benzene rings is 2. The number of aromatic amines is 1. The Labute approximate surface area is 145 Å². The summed E-state index contributed by atoms with van der Waals surface area (Å²) in [5, 5.41) is 2.88. The summed E-state index contributed by atoms with van der Waals surface area (Å²) >= 11 is 0. The zero-order valence-electron chi connectivity index (χ0n) is 14.1. The number of carbonyl (C=O) groups excluding carboxylic acids is 1. The highest BCUT2D eigenvalue weighted by molar-refractivity contribution is 5.96. The van der Waals surface area contributed by atoms with Crippen molar-refractivity contribution in [2.24, 2.45) is 0 Å². The van der Waals surface area contributed by atoms with Crippen molar-refractivity contribution >= 4 is 22.6 Å². The minimum absolute atomic E-state index is 0.187. The molecule has 1 aromatic heterocycles. The molecule has 1 amide bonds. The van der Waals surface area contributed by atoms with Crippen LogP contribution in [0.25, 0.3) is 11.0 Å². The molecule has 0 aliphatic carbocycles. The maximum Gasteiger partial charge on any atom is 0.269 e. The first kappa shape index (κ1) is 15.5. The predicted molar refractivity (Wildman–Crippen MR) is 95.2 cm³/mol. The number of hydrogen-bond acceptors (Lipinski definition) is 4. The number of imidazole rings is 1. The van der Waals surface area contributed by atoms with Crippen molar-refractivity contribution < 1.29 is 14.3 Å². The Morgan fingerprint density at radius 1 is 1.24 bits per heavy atom. The Morgan fingerprint density at radius 2 is 2.04 bits per heavy atom. The van der Waals surface area contributed by atoms with Crippen LogP contribution in [-0.2, 0) is 4.79 Å². The molecule has 128 valence electrons. The van der Waals surface area contributed by atoms with E-state index in [9.17, 15) is 4.79 Å². The second-order valence-corrected chi connectivity index (χ2v) is 6.36. The average Bonchev–Trinajstić information content (AvgIpc) is 3.05. The third-order valence-corrected chi connectivity index (χ3v) is 4.12. The Hall–Kier alpha value is -3.02. The summed E-state index contributed by atoms with van der Waals surface area (Å²) in [7, 11) is 0. The van der Waals surface area contributed by atoms with Crippen LogP contribution in [0.2, 0.25) is 0 Å². The Balaban J connectivity index is 1.50. The third-order valence-electron chi connectivity index (χ3n) is 4.12. The topological polar surface area (TPSA) is 76.2 Å². The largest absolute Gasteiger partial charge is 0.485 e. The number of amides is 1. The second kappa shape index (κ2) is 6.12. The van der Waals surface area contributed by atoms with E-state index in [0.717, 1.165) is 16.9 Å². The predicted octanol–water partition coefficient (Wildman–Crippen LogP) is 3.46. The molecule has 0 fully saturated rings. The van der Waals surface area contributed by atoms with Crippen molar-refractivity contribution in [1.82, 2.24) is 9.97 Å². The molecule has 0 spiro atoms. The van der Waals surface area contributed by atoms with Gasteiger partial charge in [0.2, 0.25) is 6.10 Å². The molecular weight excluding hydrogens is 318 g/mol. The molecule has 0 saturated carbocycles. The number of carbonyl (C=O) groups is 1. The van der Waals surface area contributed by atoms with E-state index in [4.69, 9.17) is 9.47 Å².